The number of carbonyl (C=O) groups is 1. The molecular formula is C18H16ClN3O4. The predicted octanol–water partition coefficient (Wildman–Crippen LogP) is 3.80. The van der Waals surface area contributed by atoms with E-state index in [9.17, 15) is 4.79 Å². The van der Waals surface area contributed by atoms with Crippen LogP contribution in [-0.4, -0.2) is 29.3 Å². The molecule has 0 saturated heterocycles. The smallest absolute Gasteiger partial charge is 0.270 e. The van der Waals surface area contributed by atoms with Gasteiger partial charge < -0.3 is 14.0 Å². The second kappa shape index (κ2) is 7.88. The highest BCUT2D eigenvalue weighted by Gasteiger charge is 2.19. The van der Waals surface area contributed by atoms with Crippen LogP contribution in [0.4, 0.5) is 5.95 Å². The lowest BCUT2D eigenvalue weighted by Crippen LogP contribution is -2.30. The van der Waals surface area contributed by atoms with Crippen molar-refractivity contribution in [3.05, 3.63) is 53.6 Å². The van der Waals surface area contributed by atoms with Crippen LogP contribution in [0.15, 0.2) is 53.1 Å². The van der Waals surface area contributed by atoms with E-state index < -0.39 is 12.0 Å². The summed E-state index contributed by atoms with van der Waals surface area (Å²) in [6, 6.07) is 14.0. The van der Waals surface area contributed by atoms with E-state index in [1.807, 2.05) is 6.07 Å². The fourth-order valence-corrected chi connectivity index (χ4v) is 2.28. The highest BCUT2D eigenvalue weighted by atomic mass is 35.5. The average molecular weight is 374 g/mol. The molecule has 7 nitrogen and oxygen atoms in total. The number of rotatable bonds is 6. The maximum Gasteiger partial charge on any atom is 0.270 e. The zero-order chi connectivity index (χ0) is 18.5. The lowest BCUT2D eigenvalue weighted by molar-refractivity contribution is -0.122. The molecule has 3 aromatic rings. The summed E-state index contributed by atoms with van der Waals surface area (Å²) in [5.74, 6) is 0.911. The molecule has 1 amide bonds. The average Bonchev–Trinajstić information content (AvgIpc) is 3.11. The van der Waals surface area contributed by atoms with E-state index in [0.29, 0.717) is 22.1 Å². The summed E-state index contributed by atoms with van der Waals surface area (Å²) in [5, 5.41) is 6.90. The molecule has 0 saturated carbocycles. The SMILES string of the molecule is COc1ccccc1O[C@H](C)C(=O)Nc1noc(-c2ccc(Cl)cc2)n1. The zero-order valence-corrected chi connectivity index (χ0v) is 14.9. The monoisotopic (exact) mass is 373 g/mol. The van der Waals surface area contributed by atoms with Crippen molar-refractivity contribution in [1.82, 2.24) is 10.1 Å². The fourth-order valence-electron chi connectivity index (χ4n) is 2.16. The van der Waals surface area contributed by atoms with Crippen LogP contribution in [0, 0.1) is 0 Å². The first-order valence-electron chi connectivity index (χ1n) is 7.77. The Labute approximate surface area is 154 Å². The number of carbonyl (C=O) groups excluding carboxylic acids is 1. The number of methoxy groups -OCH3 is 1. The summed E-state index contributed by atoms with van der Waals surface area (Å²) in [5.41, 5.74) is 0.695. The standard InChI is InChI=1S/C18H16ClN3O4/c1-11(25-15-6-4-3-5-14(15)24-2)16(23)20-18-21-17(26-22-18)12-7-9-13(19)10-8-12/h3-11H,1-2H3,(H,20,22,23)/t11-/m1/s1. The third-order valence-electron chi connectivity index (χ3n) is 3.49. The molecule has 134 valence electrons. The molecular weight excluding hydrogens is 358 g/mol. The predicted molar refractivity (Wildman–Crippen MR) is 96.5 cm³/mol. The Bertz CT molecular complexity index is 895. The number of halogens is 1. The summed E-state index contributed by atoms with van der Waals surface area (Å²) in [7, 11) is 1.53. The van der Waals surface area contributed by atoms with Gasteiger partial charge in [-0.15, -0.1) is 0 Å². The second-order valence-corrected chi connectivity index (χ2v) is 5.77. The first kappa shape index (κ1) is 17.8. The molecule has 0 fully saturated rings. The molecule has 0 radical (unpaired) electrons. The van der Waals surface area contributed by atoms with Gasteiger partial charge in [-0.05, 0) is 48.5 Å². The Morgan fingerprint density at radius 1 is 1.15 bits per heavy atom. The van der Waals surface area contributed by atoms with Crippen LogP contribution in [-0.2, 0) is 4.79 Å². The van der Waals surface area contributed by atoms with Gasteiger partial charge in [0.05, 0.1) is 7.11 Å². The number of hydrogen-bond donors (Lipinski definition) is 1. The van der Waals surface area contributed by atoms with Crippen molar-refractivity contribution in [2.24, 2.45) is 0 Å². The third-order valence-corrected chi connectivity index (χ3v) is 3.75. The lowest BCUT2D eigenvalue weighted by Gasteiger charge is -2.15. The Hall–Kier alpha value is -3.06. The fraction of sp³-hybridized carbons (Fsp3) is 0.167. The minimum absolute atomic E-state index is 0.0513. The quantitative estimate of drug-likeness (QED) is 0.707. The molecule has 2 aromatic carbocycles. The number of amides is 1. The van der Waals surface area contributed by atoms with E-state index in [0.717, 1.165) is 0 Å². The largest absolute Gasteiger partial charge is 0.493 e. The van der Waals surface area contributed by atoms with Gasteiger partial charge in [0, 0.05) is 10.6 Å². The van der Waals surface area contributed by atoms with Crippen molar-refractivity contribution >= 4 is 23.5 Å². The van der Waals surface area contributed by atoms with Crippen LogP contribution >= 0.6 is 11.6 Å². The number of anilines is 1. The first-order valence-corrected chi connectivity index (χ1v) is 8.15. The highest BCUT2D eigenvalue weighted by Crippen LogP contribution is 2.27. The van der Waals surface area contributed by atoms with Crippen molar-refractivity contribution in [3.63, 3.8) is 0 Å². The van der Waals surface area contributed by atoms with Gasteiger partial charge in [-0.2, -0.15) is 4.98 Å². The van der Waals surface area contributed by atoms with Crippen molar-refractivity contribution in [2.45, 2.75) is 13.0 Å². The van der Waals surface area contributed by atoms with E-state index in [4.69, 9.17) is 25.6 Å². The van der Waals surface area contributed by atoms with Gasteiger partial charge in [0.2, 0.25) is 0 Å². The van der Waals surface area contributed by atoms with Crippen molar-refractivity contribution in [2.75, 3.05) is 12.4 Å². The molecule has 0 bridgehead atoms. The molecule has 3 rings (SSSR count). The lowest BCUT2D eigenvalue weighted by atomic mass is 10.2. The number of aromatic nitrogens is 2. The third kappa shape index (κ3) is 4.12. The Kier molecular flexibility index (Phi) is 5.38. The molecule has 1 aromatic heterocycles. The van der Waals surface area contributed by atoms with Crippen molar-refractivity contribution in [1.29, 1.82) is 0 Å². The molecule has 0 aliphatic rings. The van der Waals surface area contributed by atoms with Gasteiger partial charge in [-0.3, -0.25) is 10.1 Å². The molecule has 26 heavy (non-hydrogen) atoms. The summed E-state index contributed by atoms with van der Waals surface area (Å²) in [6.45, 7) is 1.61. The van der Waals surface area contributed by atoms with E-state index in [1.165, 1.54) is 7.11 Å². The van der Waals surface area contributed by atoms with E-state index in [1.54, 1.807) is 49.4 Å². The number of nitrogens with zero attached hydrogens (tertiary/aromatic N) is 2. The molecule has 8 heteroatoms. The summed E-state index contributed by atoms with van der Waals surface area (Å²) in [6.07, 6.45) is -0.788. The van der Waals surface area contributed by atoms with Gasteiger partial charge in [-0.1, -0.05) is 23.7 Å². The minimum atomic E-state index is -0.788. The molecule has 0 aliphatic carbocycles. The van der Waals surface area contributed by atoms with Crippen LogP contribution in [0.1, 0.15) is 6.92 Å². The van der Waals surface area contributed by atoms with Crippen molar-refractivity contribution in [3.8, 4) is 23.0 Å². The number of nitrogens with one attached hydrogen (secondary N) is 1. The number of para-hydroxylation sites is 2. The van der Waals surface area contributed by atoms with E-state index in [2.05, 4.69) is 15.5 Å². The number of ether oxygens (including phenoxy) is 2. The normalized spacial score (nSPS) is 11.7. The van der Waals surface area contributed by atoms with Crippen LogP contribution < -0.4 is 14.8 Å². The molecule has 0 spiro atoms. The van der Waals surface area contributed by atoms with Gasteiger partial charge in [0.15, 0.2) is 17.6 Å². The molecule has 1 atom stereocenters. The topological polar surface area (TPSA) is 86.5 Å². The maximum absolute atomic E-state index is 12.3. The summed E-state index contributed by atoms with van der Waals surface area (Å²) >= 11 is 5.85. The van der Waals surface area contributed by atoms with Crippen LogP contribution in [0.25, 0.3) is 11.5 Å². The van der Waals surface area contributed by atoms with Gasteiger partial charge in [0.1, 0.15) is 0 Å². The minimum Gasteiger partial charge on any atom is -0.493 e. The zero-order valence-electron chi connectivity index (χ0n) is 14.1. The number of benzene rings is 2. The summed E-state index contributed by atoms with van der Waals surface area (Å²) < 4.78 is 16.0. The van der Waals surface area contributed by atoms with E-state index >= 15 is 0 Å². The van der Waals surface area contributed by atoms with Crippen molar-refractivity contribution < 1.29 is 18.8 Å². The van der Waals surface area contributed by atoms with Gasteiger partial charge in [-0.25, -0.2) is 0 Å². The molecule has 1 heterocycles. The Morgan fingerprint density at radius 2 is 1.85 bits per heavy atom. The molecule has 0 aliphatic heterocycles. The molecule has 0 unspecified atom stereocenters. The Morgan fingerprint density at radius 3 is 2.54 bits per heavy atom. The van der Waals surface area contributed by atoms with Crippen LogP contribution in [0.5, 0.6) is 11.5 Å². The van der Waals surface area contributed by atoms with E-state index in [-0.39, 0.29) is 11.8 Å². The van der Waals surface area contributed by atoms with Crippen LogP contribution in [0.3, 0.4) is 0 Å². The van der Waals surface area contributed by atoms with Crippen LogP contribution in [0.2, 0.25) is 5.02 Å². The van der Waals surface area contributed by atoms with Gasteiger partial charge >= 0.3 is 0 Å². The molecule has 1 N–H and O–H groups in total. The maximum atomic E-state index is 12.3. The van der Waals surface area contributed by atoms with Gasteiger partial charge in [0.25, 0.3) is 17.7 Å². The second-order valence-electron chi connectivity index (χ2n) is 5.33. The highest BCUT2D eigenvalue weighted by molar-refractivity contribution is 6.30. The number of hydrogen-bond acceptors (Lipinski definition) is 6. The Balaban J connectivity index is 1.65. The first-order chi connectivity index (χ1) is 12.6. The summed E-state index contributed by atoms with van der Waals surface area (Å²) in [4.78, 5) is 16.4.